The number of aromatic nitrogens is 2. The SMILES string of the molecule is O=C(Nc1nnc(-c2ccc(F)cc2)s1)[C@@H]1CCCN1C(=O)c1ccccc1F. The quantitative estimate of drug-likeness (QED) is 0.706. The van der Waals surface area contributed by atoms with Crippen LogP contribution >= 0.6 is 11.3 Å². The summed E-state index contributed by atoms with van der Waals surface area (Å²) in [5.41, 5.74) is 0.628. The number of nitrogens with zero attached hydrogens (tertiary/aromatic N) is 3. The van der Waals surface area contributed by atoms with Crippen molar-refractivity contribution in [2.75, 3.05) is 11.9 Å². The molecule has 9 heteroatoms. The van der Waals surface area contributed by atoms with Crippen molar-refractivity contribution in [2.45, 2.75) is 18.9 Å². The minimum atomic E-state index is -0.708. The van der Waals surface area contributed by atoms with E-state index in [1.165, 1.54) is 35.2 Å². The molecule has 4 rings (SSSR count). The van der Waals surface area contributed by atoms with Crippen molar-refractivity contribution in [3.05, 3.63) is 65.7 Å². The minimum absolute atomic E-state index is 0.0540. The van der Waals surface area contributed by atoms with Crippen molar-refractivity contribution in [1.29, 1.82) is 0 Å². The van der Waals surface area contributed by atoms with Crippen LogP contribution in [0, 0.1) is 11.6 Å². The van der Waals surface area contributed by atoms with Crippen molar-refractivity contribution in [3.63, 3.8) is 0 Å². The molecule has 0 bridgehead atoms. The summed E-state index contributed by atoms with van der Waals surface area (Å²) in [7, 11) is 0. The number of carbonyl (C=O) groups is 2. The van der Waals surface area contributed by atoms with Gasteiger partial charge >= 0.3 is 0 Å². The molecule has 2 heterocycles. The molecule has 1 aliphatic heterocycles. The highest BCUT2D eigenvalue weighted by Gasteiger charge is 2.35. The molecule has 1 N–H and O–H groups in total. The van der Waals surface area contributed by atoms with Crippen molar-refractivity contribution < 1.29 is 18.4 Å². The van der Waals surface area contributed by atoms with Gasteiger partial charge in [0.15, 0.2) is 0 Å². The number of nitrogens with one attached hydrogen (secondary N) is 1. The lowest BCUT2D eigenvalue weighted by Crippen LogP contribution is -2.43. The zero-order valence-corrected chi connectivity index (χ0v) is 16.0. The number of halogens is 2. The molecule has 1 atom stereocenters. The van der Waals surface area contributed by atoms with E-state index in [4.69, 9.17) is 0 Å². The second kappa shape index (κ2) is 8.04. The molecule has 0 radical (unpaired) electrons. The van der Waals surface area contributed by atoms with E-state index < -0.39 is 23.7 Å². The van der Waals surface area contributed by atoms with Gasteiger partial charge in [-0.1, -0.05) is 23.5 Å². The Kier molecular flexibility index (Phi) is 5.30. The summed E-state index contributed by atoms with van der Waals surface area (Å²) in [6.45, 7) is 0.377. The molecule has 2 amide bonds. The summed E-state index contributed by atoms with van der Waals surface area (Å²) >= 11 is 1.15. The highest BCUT2D eigenvalue weighted by Crippen LogP contribution is 2.28. The Balaban J connectivity index is 1.47. The van der Waals surface area contributed by atoms with Gasteiger partial charge in [-0.3, -0.25) is 14.9 Å². The Morgan fingerprint density at radius 1 is 1.07 bits per heavy atom. The van der Waals surface area contributed by atoms with Gasteiger partial charge < -0.3 is 4.90 Å². The van der Waals surface area contributed by atoms with Crippen LogP contribution in [0.25, 0.3) is 10.6 Å². The van der Waals surface area contributed by atoms with Crippen LogP contribution in [0.3, 0.4) is 0 Å². The maximum atomic E-state index is 14.0. The van der Waals surface area contributed by atoms with Crippen LogP contribution in [0.1, 0.15) is 23.2 Å². The first-order valence-corrected chi connectivity index (χ1v) is 9.80. The molecule has 0 saturated carbocycles. The van der Waals surface area contributed by atoms with Gasteiger partial charge in [-0.15, -0.1) is 10.2 Å². The van der Waals surface area contributed by atoms with E-state index in [9.17, 15) is 18.4 Å². The molecule has 6 nitrogen and oxygen atoms in total. The van der Waals surface area contributed by atoms with Gasteiger partial charge in [-0.05, 0) is 49.2 Å². The lowest BCUT2D eigenvalue weighted by molar-refractivity contribution is -0.119. The van der Waals surface area contributed by atoms with E-state index in [2.05, 4.69) is 15.5 Å². The van der Waals surface area contributed by atoms with Crippen molar-refractivity contribution >= 4 is 28.3 Å². The van der Waals surface area contributed by atoms with Crippen molar-refractivity contribution in [1.82, 2.24) is 15.1 Å². The summed E-state index contributed by atoms with van der Waals surface area (Å²) in [6.07, 6.45) is 1.13. The predicted molar refractivity (Wildman–Crippen MR) is 104 cm³/mol. The highest BCUT2D eigenvalue weighted by atomic mass is 32.1. The first-order valence-electron chi connectivity index (χ1n) is 8.99. The summed E-state index contributed by atoms with van der Waals surface area (Å²) < 4.78 is 27.0. The zero-order chi connectivity index (χ0) is 20.4. The largest absolute Gasteiger partial charge is 0.327 e. The lowest BCUT2D eigenvalue weighted by atomic mass is 10.1. The Morgan fingerprint density at radius 2 is 1.83 bits per heavy atom. The van der Waals surface area contributed by atoms with Crippen LogP contribution in [-0.4, -0.2) is 39.5 Å². The van der Waals surface area contributed by atoms with Gasteiger partial charge in [0.2, 0.25) is 11.0 Å². The maximum Gasteiger partial charge on any atom is 0.257 e. The van der Waals surface area contributed by atoms with Gasteiger partial charge in [0.05, 0.1) is 5.56 Å². The van der Waals surface area contributed by atoms with E-state index >= 15 is 0 Å². The smallest absolute Gasteiger partial charge is 0.257 e. The highest BCUT2D eigenvalue weighted by molar-refractivity contribution is 7.18. The number of rotatable bonds is 4. The van der Waals surface area contributed by atoms with Crippen LogP contribution in [0.4, 0.5) is 13.9 Å². The second-order valence-electron chi connectivity index (χ2n) is 6.54. The van der Waals surface area contributed by atoms with E-state index in [1.54, 1.807) is 18.2 Å². The van der Waals surface area contributed by atoms with Gasteiger partial charge in [0, 0.05) is 12.1 Å². The van der Waals surface area contributed by atoms with Crippen LogP contribution in [0.15, 0.2) is 48.5 Å². The molecule has 3 aromatic rings. The Bertz CT molecular complexity index is 1050. The number of hydrogen-bond acceptors (Lipinski definition) is 5. The van der Waals surface area contributed by atoms with E-state index in [0.717, 1.165) is 11.3 Å². The van der Waals surface area contributed by atoms with Gasteiger partial charge in [-0.25, -0.2) is 8.78 Å². The molecular weight excluding hydrogens is 398 g/mol. The monoisotopic (exact) mass is 414 g/mol. The Hall–Kier alpha value is -3.20. The fourth-order valence-electron chi connectivity index (χ4n) is 3.24. The molecule has 0 unspecified atom stereocenters. The summed E-state index contributed by atoms with van der Waals surface area (Å²) in [5, 5.41) is 11.4. The molecule has 2 aromatic carbocycles. The van der Waals surface area contributed by atoms with Crippen molar-refractivity contribution in [2.24, 2.45) is 0 Å². The third-order valence-corrected chi connectivity index (χ3v) is 5.55. The van der Waals surface area contributed by atoms with Crippen LogP contribution in [0.2, 0.25) is 0 Å². The summed E-state index contributed by atoms with van der Waals surface area (Å²) in [4.78, 5) is 26.8. The number of amides is 2. The van der Waals surface area contributed by atoms with E-state index in [1.807, 2.05) is 0 Å². The molecule has 1 saturated heterocycles. The van der Waals surface area contributed by atoms with Crippen LogP contribution < -0.4 is 5.32 Å². The lowest BCUT2D eigenvalue weighted by Gasteiger charge is -2.23. The van der Waals surface area contributed by atoms with E-state index in [0.29, 0.717) is 30.0 Å². The summed E-state index contributed by atoms with van der Waals surface area (Å²) in [6, 6.07) is 10.8. The number of anilines is 1. The fourth-order valence-corrected chi connectivity index (χ4v) is 4.00. The van der Waals surface area contributed by atoms with Gasteiger partial charge in [0.1, 0.15) is 22.7 Å². The maximum absolute atomic E-state index is 14.0. The third-order valence-electron chi connectivity index (χ3n) is 4.67. The Labute approximate surface area is 169 Å². The van der Waals surface area contributed by atoms with Crippen molar-refractivity contribution in [3.8, 4) is 10.6 Å². The molecule has 1 aromatic heterocycles. The molecule has 1 aliphatic rings. The molecule has 0 spiro atoms. The zero-order valence-electron chi connectivity index (χ0n) is 15.1. The second-order valence-corrected chi connectivity index (χ2v) is 7.52. The number of benzene rings is 2. The third kappa shape index (κ3) is 4.00. The molecule has 148 valence electrons. The minimum Gasteiger partial charge on any atom is -0.327 e. The molecule has 29 heavy (non-hydrogen) atoms. The molecule has 0 aliphatic carbocycles. The standard InChI is InChI=1S/C20H16F2N4O2S/c21-13-9-7-12(8-10-13)18-24-25-20(29-18)23-17(27)16-6-3-11-26(16)19(28)14-4-1-2-5-15(14)22/h1-2,4-5,7-10,16H,3,6,11H2,(H,23,25,27)/t16-/m0/s1. The predicted octanol–water partition coefficient (Wildman–Crippen LogP) is 3.73. The van der Waals surface area contributed by atoms with Gasteiger partial charge in [0.25, 0.3) is 5.91 Å². The summed E-state index contributed by atoms with van der Waals surface area (Å²) in [5.74, 6) is -1.87. The van der Waals surface area contributed by atoms with Crippen LogP contribution in [-0.2, 0) is 4.79 Å². The van der Waals surface area contributed by atoms with Crippen LogP contribution in [0.5, 0.6) is 0 Å². The number of hydrogen-bond donors (Lipinski definition) is 1. The number of likely N-dealkylation sites (tertiary alicyclic amines) is 1. The topological polar surface area (TPSA) is 75.2 Å². The normalized spacial score (nSPS) is 16.1. The fraction of sp³-hybridized carbons (Fsp3) is 0.200. The average molecular weight is 414 g/mol. The first kappa shape index (κ1) is 19.1. The van der Waals surface area contributed by atoms with Gasteiger partial charge in [-0.2, -0.15) is 0 Å². The Morgan fingerprint density at radius 3 is 2.59 bits per heavy atom. The van der Waals surface area contributed by atoms with E-state index in [-0.39, 0.29) is 16.5 Å². The number of carbonyl (C=O) groups excluding carboxylic acids is 2. The average Bonchev–Trinajstić information content (AvgIpc) is 3.38. The molecule has 1 fully saturated rings. The molecular formula is C20H16F2N4O2S. The first-order chi connectivity index (χ1) is 14.0.